The number of esters is 1. The van der Waals surface area contributed by atoms with Gasteiger partial charge in [-0.1, -0.05) is 0 Å². The second-order valence-electron chi connectivity index (χ2n) is 3.62. The first kappa shape index (κ1) is 12.1. The van der Waals surface area contributed by atoms with Gasteiger partial charge in [-0.05, 0) is 11.4 Å². The molecule has 1 aliphatic heterocycles. The number of rotatable bonds is 2. The highest BCUT2D eigenvalue weighted by Gasteiger charge is 2.34. The summed E-state index contributed by atoms with van der Waals surface area (Å²) in [6.07, 6.45) is 0. The molecule has 1 aromatic heterocycles. The average Bonchev–Trinajstić information content (AvgIpc) is 2.91. The van der Waals surface area contributed by atoms with E-state index >= 15 is 0 Å². The first-order valence-corrected chi connectivity index (χ1v) is 6.17. The number of morpholine rings is 1. The number of carbonyl (C=O) groups excluding carboxylic acids is 2. The monoisotopic (exact) mass is 255 g/mol. The van der Waals surface area contributed by atoms with E-state index in [0.717, 1.165) is 0 Å². The Morgan fingerprint density at radius 2 is 2.41 bits per heavy atom. The van der Waals surface area contributed by atoms with Crippen LogP contribution in [-0.4, -0.2) is 49.7 Å². The molecule has 0 saturated carbocycles. The number of nitrogens with zero attached hydrogens (tertiary/aromatic N) is 1. The zero-order valence-electron chi connectivity index (χ0n) is 9.42. The highest BCUT2D eigenvalue weighted by atomic mass is 32.1. The fraction of sp³-hybridized carbons (Fsp3) is 0.455. The number of hydrogen-bond acceptors (Lipinski definition) is 5. The molecule has 1 fully saturated rings. The van der Waals surface area contributed by atoms with Crippen LogP contribution in [0.3, 0.4) is 0 Å². The molecule has 0 radical (unpaired) electrons. The minimum Gasteiger partial charge on any atom is -0.467 e. The second kappa shape index (κ2) is 5.29. The van der Waals surface area contributed by atoms with E-state index in [0.29, 0.717) is 18.7 Å². The number of thiophene rings is 1. The van der Waals surface area contributed by atoms with Gasteiger partial charge in [0.2, 0.25) is 0 Å². The first-order valence-electron chi connectivity index (χ1n) is 5.23. The maximum atomic E-state index is 12.2. The van der Waals surface area contributed by atoms with Crippen molar-refractivity contribution in [3.8, 4) is 0 Å². The van der Waals surface area contributed by atoms with Crippen LogP contribution in [0.4, 0.5) is 0 Å². The summed E-state index contributed by atoms with van der Waals surface area (Å²) in [7, 11) is 1.31. The smallest absolute Gasteiger partial charge is 0.331 e. The Balaban J connectivity index is 2.16. The van der Waals surface area contributed by atoms with Crippen LogP contribution in [-0.2, 0) is 14.3 Å². The summed E-state index contributed by atoms with van der Waals surface area (Å²) in [6.45, 7) is 1.06. The predicted molar refractivity (Wildman–Crippen MR) is 62.0 cm³/mol. The predicted octanol–water partition coefficient (Wildman–Crippen LogP) is 0.762. The summed E-state index contributed by atoms with van der Waals surface area (Å²) in [6, 6.07) is 1.11. The largest absolute Gasteiger partial charge is 0.467 e. The van der Waals surface area contributed by atoms with Gasteiger partial charge in [0.15, 0.2) is 6.04 Å². The third kappa shape index (κ3) is 2.48. The van der Waals surface area contributed by atoms with Crippen molar-refractivity contribution in [1.82, 2.24) is 4.90 Å². The molecule has 0 aromatic carbocycles. The molecule has 1 aromatic rings. The van der Waals surface area contributed by atoms with Crippen LogP contribution < -0.4 is 0 Å². The minimum atomic E-state index is -0.638. The van der Waals surface area contributed by atoms with Gasteiger partial charge < -0.3 is 14.4 Å². The normalized spacial score (nSPS) is 20.1. The van der Waals surface area contributed by atoms with Crippen LogP contribution in [0.1, 0.15) is 10.4 Å². The van der Waals surface area contributed by atoms with E-state index in [1.807, 2.05) is 5.38 Å². The van der Waals surface area contributed by atoms with E-state index in [2.05, 4.69) is 4.74 Å². The summed E-state index contributed by atoms with van der Waals surface area (Å²) in [5.41, 5.74) is 0.603. The minimum absolute atomic E-state index is 0.148. The van der Waals surface area contributed by atoms with Crippen LogP contribution in [0.2, 0.25) is 0 Å². The van der Waals surface area contributed by atoms with Crippen molar-refractivity contribution in [2.75, 3.05) is 26.9 Å². The Hall–Kier alpha value is -1.40. The lowest BCUT2D eigenvalue weighted by molar-refractivity contribution is -0.151. The number of amides is 1. The quantitative estimate of drug-likeness (QED) is 0.732. The van der Waals surface area contributed by atoms with Crippen LogP contribution in [0, 0.1) is 0 Å². The summed E-state index contributed by atoms with van der Waals surface area (Å²) in [4.78, 5) is 25.2. The van der Waals surface area contributed by atoms with Crippen LogP contribution in [0.15, 0.2) is 16.8 Å². The molecule has 17 heavy (non-hydrogen) atoms. The molecule has 92 valence electrons. The van der Waals surface area contributed by atoms with Crippen molar-refractivity contribution >= 4 is 23.2 Å². The Labute approximate surface area is 103 Å². The molecular formula is C11H13NO4S. The molecule has 1 unspecified atom stereocenters. The Bertz CT molecular complexity index is 404. The van der Waals surface area contributed by atoms with Crippen molar-refractivity contribution in [3.05, 3.63) is 22.4 Å². The Morgan fingerprint density at radius 3 is 3.06 bits per heavy atom. The van der Waals surface area contributed by atoms with Gasteiger partial charge in [0.05, 0.1) is 25.9 Å². The van der Waals surface area contributed by atoms with Crippen molar-refractivity contribution in [1.29, 1.82) is 0 Å². The fourth-order valence-corrected chi connectivity index (χ4v) is 2.36. The molecule has 0 aliphatic carbocycles. The maximum absolute atomic E-state index is 12.2. The van der Waals surface area contributed by atoms with E-state index in [-0.39, 0.29) is 12.5 Å². The van der Waals surface area contributed by atoms with Gasteiger partial charge in [0, 0.05) is 11.9 Å². The highest BCUT2D eigenvalue weighted by molar-refractivity contribution is 7.08. The lowest BCUT2D eigenvalue weighted by Gasteiger charge is -2.33. The third-order valence-corrected chi connectivity index (χ3v) is 3.31. The summed E-state index contributed by atoms with van der Waals surface area (Å²) in [5.74, 6) is -0.585. The number of hydrogen-bond donors (Lipinski definition) is 0. The van der Waals surface area contributed by atoms with Crippen LogP contribution in [0.5, 0.6) is 0 Å². The lowest BCUT2D eigenvalue weighted by atomic mass is 10.2. The van der Waals surface area contributed by atoms with Crippen molar-refractivity contribution in [3.63, 3.8) is 0 Å². The molecule has 1 atom stereocenters. The topological polar surface area (TPSA) is 55.8 Å². The molecule has 5 nitrogen and oxygen atoms in total. The molecule has 1 amide bonds. The van der Waals surface area contributed by atoms with Gasteiger partial charge in [-0.2, -0.15) is 11.3 Å². The molecule has 2 rings (SSSR count). The van der Waals surface area contributed by atoms with Gasteiger partial charge in [0.25, 0.3) is 5.91 Å². The molecule has 0 bridgehead atoms. The van der Waals surface area contributed by atoms with Gasteiger partial charge >= 0.3 is 5.97 Å². The summed E-state index contributed by atoms with van der Waals surface area (Å²) in [5, 5.41) is 3.60. The van der Waals surface area contributed by atoms with Gasteiger partial charge in [-0.3, -0.25) is 4.79 Å². The van der Waals surface area contributed by atoms with Crippen molar-refractivity contribution in [2.24, 2.45) is 0 Å². The van der Waals surface area contributed by atoms with E-state index < -0.39 is 12.0 Å². The van der Waals surface area contributed by atoms with E-state index in [9.17, 15) is 9.59 Å². The number of carbonyl (C=O) groups is 2. The van der Waals surface area contributed by atoms with Crippen molar-refractivity contribution < 1.29 is 19.1 Å². The van der Waals surface area contributed by atoms with Crippen molar-refractivity contribution in [2.45, 2.75) is 6.04 Å². The first-order chi connectivity index (χ1) is 8.24. The molecule has 2 heterocycles. The van der Waals surface area contributed by atoms with E-state index in [1.54, 1.807) is 11.4 Å². The zero-order chi connectivity index (χ0) is 12.3. The molecule has 0 spiro atoms. The molecule has 6 heteroatoms. The maximum Gasteiger partial charge on any atom is 0.331 e. The van der Waals surface area contributed by atoms with Crippen LogP contribution in [0.25, 0.3) is 0 Å². The van der Waals surface area contributed by atoms with Gasteiger partial charge in [-0.15, -0.1) is 0 Å². The molecular weight excluding hydrogens is 242 g/mol. The summed E-state index contributed by atoms with van der Waals surface area (Å²) >= 11 is 1.45. The number of methoxy groups -OCH3 is 1. The third-order valence-electron chi connectivity index (χ3n) is 2.63. The van der Waals surface area contributed by atoms with Gasteiger partial charge in [-0.25, -0.2) is 4.79 Å². The van der Waals surface area contributed by atoms with Gasteiger partial charge in [0.1, 0.15) is 0 Å². The molecule has 0 N–H and O–H groups in total. The van der Waals surface area contributed by atoms with E-state index in [1.165, 1.54) is 23.3 Å². The second-order valence-corrected chi connectivity index (χ2v) is 4.40. The Kier molecular flexibility index (Phi) is 3.75. The average molecular weight is 255 g/mol. The number of ether oxygens (including phenoxy) is 2. The Morgan fingerprint density at radius 1 is 1.59 bits per heavy atom. The molecule has 1 saturated heterocycles. The van der Waals surface area contributed by atoms with E-state index in [4.69, 9.17) is 4.74 Å². The fourth-order valence-electron chi connectivity index (χ4n) is 1.73. The zero-order valence-corrected chi connectivity index (χ0v) is 10.2. The lowest BCUT2D eigenvalue weighted by Crippen LogP contribution is -2.52. The summed E-state index contributed by atoms with van der Waals surface area (Å²) < 4.78 is 9.89. The molecule has 1 aliphatic rings. The highest BCUT2D eigenvalue weighted by Crippen LogP contribution is 2.15. The standard InChI is InChI=1S/C11H13NO4S/c1-15-11(14)9-6-16-4-3-12(9)10(13)8-2-5-17-7-8/h2,5,7,9H,3-4,6H2,1H3. The van der Waals surface area contributed by atoms with Crippen LogP contribution >= 0.6 is 11.3 Å². The SMILES string of the molecule is COC(=O)C1COCCN1C(=O)c1ccsc1.